The van der Waals surface area contributed by atoms with E-state index in [1.165, 1.54) is 24.0 Å². The summed E-state index contributed by atoms with van der Waals surface area (Å²) in [6, 6.07) is 13.3. The van der Waals surface area contributed by atoms with Crippen LogP contribution in [0, 0.1) is 11.7 Å². The number of hydrogen-bond acceptors (Lipinski definition) is 4. The van der Waals surface area contributed by atoms with Gasteiger partial charge in [-0.25, -0.2) is 4.39 Å². The molecule has 0 amide bonds. The SMILES string of the molecule is COCc1cc(CN(C)CC2CCN(CCc3ccc(F)cc3)CC2)ccc1OC. The number of halogens is 1. The van der Waals surface area contributed by atoms with Gasteiger partial charge in [0.25, 0.3) is 0 Å². The summed E-state index contributed by atoms with van der Waals surface area (Å²) in [7, 11) is 5.62. The van der Waals surface area contributed by atoms with E-state index in [0.29, 0.717) is 6.61 Å². The molecule has 1 aliphatic heterocycles. The molecule has 1 heterocycles. The number of piperidine rings is 1. The fourth-order valence-corrected chi connectivity index (χ4v) is 4.35. The zero-order valence-corrected chi connectivity index (χ0v) is 18.6. The number of benzene rings is 2. The number of rotatable bonds is 10. The van der Waals surface area contributed by atoms with Crippen molar-refractivity contribution < 1.29 is 13.9 Å². The van der Waals surface area contributed by atoms with Crippen molar-refractivity contribution in [1.29, 1.82) is 0 Å². The summed E-state index contributed by atoms with van der Waals surface area (Å²) in [4.78, 5) is 4.97. The van der Waals surface area contributed by atoms with E-state index in [1.54, 1.807) is 26.4 Å². The van der Waals surface area contributed by atoms with E-state index in [2.05, 4.69) is 29.0 Å². The second-order valence-corrected chi connectivity index (χ2v) is 8.44. The molecule has 30 heavy (non-hydrogen) atoms. The molecule has 4 nitrogen and oxygen atoms in total. The topological polar surface area (TPSA) is 24.9 Å². The Morgan fingerprint density at radius 3 is 2.40 bits per heavy atom. The molecular formula is C25H35FN2O2. The molecule has 0 aromatic heterocycles. The fourth-order valence-electron chi connectivity index (χ4n) is 4.35. The molecule has 0 radical (unpaired) electrons. The van der Waals surface area contributed by atoms with E-state index in [-0.39, 0.29) is 5.82 Å². The highest BCUT2D eigenvalue weighted by Gasteiger charge is 2.20. The van der Waals surface area contributed by atoms with Crippen molar-refractivity contribution in [3.63, 3.8) is 0 Å². The zero-order valence-electron chi connectivity index (χ0n) is 18.6. The maximum Gasteiger partial charge on any atom is 0.124 e. The van der Waals surface area contributed by atoms with Crippen molar-refractivity contribution >= 4 is 0 Å². The monoisotopic (exact) mass is 414 g/mol. The van der Waals surface area contributed by atoms with Crippen LogP contribution < -0.4 is 4.74 Å². The molecule has 0 bridgehead atoms. The molecule has 0 saturated carbocycles. The van der Waals surface area contributed by atoms with Crippen molar-refractivity contribution in [3.05, 3.63) is 65.0 Å². The number of methoxy groups -OCH3 is 2. The van der Waals surface area contributed by atoms with Crippen molar-refractivity contribution in [2.45, 2.75) is 32.4 Å². The van der Waals surface area contributed by atoms with Crippen LogP contribution in [0.3, 0.4) is 0 Å². The summed E-state index contributed by atoms with van der Waals surface area (Å²) in [5.41, 5.74) is 3.60. The van der Waals surface area contributed by atoms with Gasteiger partial charge >= 0.3 is 0 Å². The average Bonchev–Trinajstić information content (AvgIpc) is 2.75. The van der Waals surface area contributed by atoms with Crippen LogP contribution in [-0.2, 0) is 24.3 Å². The Morgan fingerprint density at radius 1 is 1.03 bits per heavy atom. The minimum atomic E-state index is -0.159. The normalized spacial score (nSPS) is 15.6. The molecule has 5 heteroatoms. The fraction of sp³-hybridized carbons (Fsp3) is 0.520. The van der Waals surface area contributed by atoms with Crippen LogP contribution in [0.15, 0.2) is 42.5 Å². The third-order valence-corrected chi connectivity index (χ3v) is 6.00. The predicted molar refractivity (Wildman–Crippen MR) is 119 cm³/mol. The summed E-state index contributed by atoms with van der Waals surface area (Å²) in [6.07, 6.45) is 3.47. The standard InChI is InChI=1S/C25H35FN2O2/c1-27(18-22-6-9-25(30-3)23(16-22)19-29-2)17-21-11-14-28(15-12-21)13-10-20-4-7-24(26)8-5-20/h4-9,16,21H,10-15,17-19H2,1-3H3. The predicted octanol–water partition coefficient (Wildman–Crippen LogP) is 4.37. The smallest absolute Gasteiger partial charge is 0.124 e. The third-order valence-electron chi connectivity index (χ3n) is 6.00. The summed E-state index contributed by atoms with van der Waals surface area (Å²) >= 11 is 0. The highest BCUT2D eigenvalue weighted by molar-refractivity contribution is 5.36. The average molecular weight is 415 g/mol. The van der Waals surface area contributed by atoms with E-state index in [0.717, 1.165) is 56.4 Å². The molecule has 0 aliphatic carbocycles. The van der Waals surface area contributed by atoms with Crippen molar-refractivity contribution in [1.82, 2.24) is 9.80 Å². The molecule has 164 valence electrons. The van der Waals surface area contributed by atoms with Gasteiger partial charge in [0.2, 0.25) is 0 Å². The Labute approximate surface area is 180 Å². The van der Waals surface area contributed by atoms with Crippen LogP contribution in [0.4, 0.5) is 4.39 Å². The van der Waals surface area contributed by atoms with Gasteiger partial charge in [-0.2, -0.15) is 0 Å². The van der Waals surface area contributed by atoms with E-state index in [9.17, 15) is 4.39 Å². The first-order valence-electron chi connectivity index (χ1n) is 10.9. The summed E-state index contributed by atoms with van der Waals surface area (Å²) in [5.74, 6) is 1.47. The van der Waals surface area contributed by atoms with E-state index in [4.69, 9.17) is 9.47 Å². The zero-order chi connectivity index (χ0) is 21.3. The van der Waals surface area contributed by atoms with Crippen molar-refractivity contribution in [2.24, 2.45) is 5.92 Å². The molecule has 0 unspecified atom stereocenters. The number of hydrogen-bond donors (Lipinski definition) is 0. The van der Waals surface area contributed by atoms with Crippen LogP contribution in [0.25, 0.3) is 0 Å². The summed E-state index contributed by atoms with van der Waals surface area (Å²) in [5, 5.41) is 0. The van der Waals surface area contributed by atoms with E-state index in [1.807, 2.05) is 18.2 Å². The minimum Gasteiger partial charge on any atom is -0.496 e. The molecule has 2 aromatic rings. The highest BCUT2D eigenvalue weighted by Crippen LogP contribution is 2.23. The first kappa shape index (κ1) is 22.7. The van der Waals surface area contributed by atoms with Gasteiger partial charge in [-0.05, 0) is 80.7 Å². The molecule has 2 aromatic carbocycles. The quantitative estimate of drug-likeness (QED) is 0.577. The van der Waals surface area contributed by atoms with Crippen LogP contribution in [0.5, 0.6) is 5.75 Å². The Balaban J connectivity index is 1.41. The lowest BCUT2D eigenvalue weighted by Gasteiger charge is -2.34. The van der Waals surface area contributed by atoms with Crippen LogP contribution in [0.1, 0.15) is 29.5 Å². The lowest BCUT2D eigenvalue weighted by molar-refractivity contribution is 0.153. The minimum absolute atomic E-state index is 0.159. The Kier molecular flexibility index (Phi) is 8.67. The molecule has 0 N–H and O–H groups in total. The number of nitrogens with zero attached hydrogens (tertiary/aromatic N) is 2. The Bertz CT molecular complexity index is 773. The number of ether oxygens (including phenoxy) is 2. The molecule has 0 atom stereocenters. The van der Waals surface area contributed by atoms with E-state index >= 15 is 0 Å². The molecule has 1 fully saturated rings. The largest absolute Gasteiger partial charge is 0.496 e. The first-order valence-corrected chi connectivity index (χ1v) is 10.9. The first-order chi connectivity index (χ1) is 14.6. The number of likely N-dealkylation sites (tertiary alicyclic amines) is 1. The molecule has 1 aliphatic rings. The van der Waals surface area contributed by atoms with Crippen LogP contribution in [-0.4, -0.2) is 57.2 Å². The van der Waals surface area contributed by atoms with Gasteiger partial charge in [0.05, 0.1) is 13.7 Å². The maximum absolute atomic E-state index is 13.0. The second kappa shape index (κ2) is 11.4. The maximum atomic E-state index is 13.0. The highest BCUT2D eigenvalue weighted by atomic mass is 19.1. The van der Waals surface area contributed by atoms with Gasteiger partial charge in [0.15, 0.2) is 0 Å². The molecule has 1 saturated heterocycles. The lowest BCUT2D eigenvalue weighted by atomic mass is 9.95. The van der Waals surface area contributed by atoms with Crippen molar-refractivity contribution in [2.75, 3.05) is 47.4 Å². The Morgan fingerprint density at radius 2 is 1.73 bits per heavy atom. The second-order valence-electron chi connectivity index (χ2n) is 8.44. The Hall–Kier alpha value is -1.95. The lowest BCUT2D eigenvalue weighted by Crippen LogP contribution is -2.38. The summed E-state index contributed by atoms with van der Waals surface area (Å²) < 4.78 is 23.8. The van der Waals surface area contributed by atoms with Gasteiger partial charge in [0.1, 0.15) is 11.6 Å². The van der Waals surface area contributed by atoms with E-state index < -0.39 is 0 Å². The molecule has 3 rings (SSSR count). The van der Waals surface area contributed by atoms with Crippen molar-refractivity contribution in [3.8, 4) is 5.75 Å². The molecular weight excluding hydrogens is 379 g/mol. The van der Waals surface area contributed by atoms with Gasteiger partial charge < -0.3 is 19.3 Å². The van der Waals surface area contributed by atoms with Gasteiger partial charge in [-0.15, -0.1) is 0 Å². The summed E-state index contributed by atoms with van der Waals surface area (Å²) in [6.45, 7) is 5.99. The van der Waals surface area contributed by atoms with Gasteiger partial charge in [-0.1, -0.05) is 18.2 Å². The van der Waals surface area contributed by atoms with Crippen LogP contribution in [0.2, 0.25) is 0 Å². The van der Waals surface area contributed by atoms with Gasteiger partial charge in [-0.3, -0.25) is 0 Å². The molecule has 0 spiro atoms. The third kappa shape index (κ3) is 6.79. The van der Waals surface area contributed by atoms with Gasteiger partial charge in [0, 0.05) is 32.3 Å². The van der Waals surface area contributed by atoms with Crippen LogP contribution >= 0.6 is 0 Å².